The van der Waals surface area contributed by atoms with Crippen LogP contribution in [0.4, 0.5) is 34.1 Å². The van der Waals surface area contributed by atoms with Crippen LogP contribution in [-0.4, -0.2) is 39.8 Å². The molecule has 1 aliphatic heterocycles. The molecule has 164 valence electrons. The molecule has 1 aromatic carbocycles. The minimum atomic E-state index is -4.86. The molecule has 31 heavy (non-hydrogen) atoms. The number of amides is 5. The molecule has 1 saturated heterocycles. The highest BCUT2D eigenvalue weighted by Gasteiger charge is 2.51. The van der Waals surface area contributed by atoms with E-state index >= 15 is 0 Å². The van der Waals surface area contributed by atoms with E-state index in [1.54, 1.807) is 6.07 Å². The predicted molar refractivity (Wildman–Crippen MR) is 103 cm³/mol. The molecular formula is C19H18F3N5O4. The number of urea groups is 2. The van der Waals surface area contributed by atoms with Gasteiger partial charge in [0.25, 0.3) is 5.91 Å². The van der Waals surface area contributed by atoms with Crippen molar-refractivity contribution < 1.29 is 32.3 Å². The normalized spacial score (nSPS) is 15.9. The number of nitrogens with zero attached hydrogens (tertiary/aromatic N) is 3. The number of carbonyl (C=O) groups is 3. The monoisotopic (exact) mass is 437 g/mol. The summed E-state index contributed by atoms with van der Waals surface area (Å²) < 4.78 is 40.9. The standard InChI is InChI=1S/C19H18F3N5O4/c1-18(2)15(28)27(12-3-5-13(6-4-12)31-19(20,21)22)17(30)26(18)10-11-7-8-24-9-14(11)25-16(23)29/h3-9H,10H2,1-2H3,(H3,23,25,29). The largest absolute Gasteiger partial charge is 0.573 e. The second-order valence-electron chi connectivity index (χ2n) is 7.13. The number of hydrogen-bond donors (Lipinski definition) is 2. The Bertz CT molecular complexity index is 1020. The summed E-state index contributed by atoms with van der Waals surface area (Å²) in [5.41, 5.74) is 4.73. The summed E-state index contributed by atoms with van der Waals surface area (Å²) in [5.74, 6) is -1.05. The molecule has 2 aromatic rings. The number of halogens is 3. The summed E-state index contributed by atoms with van der Waals surface area (Å²) in [6, 6.07) is 4.45. The first-order valence-corrected chi connectivity index (χ1v) is 8.91. The fourth-order valence-corrected chi connectivity index (χ4v) is 3.10. The van der Waals surface area contributed by atoms with Gasteiger partial charge in [0.05, 0.1) is 24.1 Å². The predicted octanol–water partition coefficient (Wildman–Crippen LogP) is 3.22. The number of primary amides is 1. The molecular weight excluding hydrogens is 419 g/mol. The van der Waals surface area contributed by atoms with Gasteiger partial charge in [-0.25, -0.2) is 14.5 Å². The number of rotatable bonds is 5. The Morgan fingerprint density at radius 1 is 1.19 bits per heavy atom. The van der Waals surface area contributed by atoms with Crippen molar-refractivity contribution >= 4 is 29.3 Å². The average Bonchev–Trinajstić information content (AvgIpc) is 2.82. The third kappa shape index (κ3) is 4.52. The van der Waals surface area contributed by atoms with Gasteiger partial charge in [0, 0.05) is 6.20 Å². The van der Waals surface area contributed by atoms with E-state index in [0.717, 1.165) is 17.0 Å². The zero-order valence-corrected chi connectivity index (χ0v) is 16.4. The van der Waals surface area contributed by atoms with Gasteiger partial charge >= 0.3 is 18.4 Å². The second kappa shape index (κ2) is 7.78. The van der Waals surface area contributed by atoms with Crippen LogP contribution in [-0.2, 0) is 11.3 Å². The first-order valence-electron chi connectivity index (χ1n) is 8.91. The highest BCUT2D eigenvalue weighted by atomic mass is 19.4. The molecule has 5 amide bonds. The van der Waals surface area contributed by atoms with Crippen molar-refractivity contribution in [3.63, 3.8) is 0 Å². The lowest BCUT2D eigenvalue weighted by Crippen LogP contribution is -2.43. The fraction of sp³-hybridized carbons (Fsp3) is 0.263. The molecule has 3 rings (SSSR count). The van der Waals surface area contributed by atoms with Crippen LogP contribution in [0.2, 0.25) is 0 Å². The summed E-state index contributed by atoms with van der Waals surface area (Å²) in [5, 5.41) is 2.40. The topological polar surface area (TPSA) is 118 Å². The number of hydrogen-bond acceptors (Lipinski definition) is 5. The Morgan fingerprint density at radius 2 is 1.84 bits per heavy atom. The highest BCUT2D eigenvalue weighted by molar-refractivity contribution is 6.23. The maximum Gasteiger partial charge on any atom is 0.573 e. The zero-order valence-electron chi connectivity index (χ0n) is 16.4. The quantitative estimate of drug-likeness (QED) is 0.697. The van der Waals surface area contributed by atoms with Crippen LogP contribution < -0.4 is 20.7 Å². The van der Waals surface area contributed by atoms with Gasteiger partial charge in [-0.05, 0) is 49.7 Å². The van der Waals surface area contributed by atoms with Crippen LogP contribution in [0.25, 0.3) is 0 Å². The van der Waals surface area contributed by atoms with E-state index < -0.39 is 35.6 Å². The summed E-state index contributed by atoms with van der Waals surface area (Å²) in [7, 11) is 0. The van der Waals surface area contributed by atoms with E-state index in [4.69, 9.17) is 5.73 Å². The van der Waals surface area contributed by atoms with E-state index in [9.17, 15) is 27.6 Å². The molecule has 0 unspecified atom stereocenters. The first-order chi connectivity index (χ1) is 14.4. The zero-order chi connectivity index (χ0) is 23.0. The molecule has 0 radical (unpaired) electrons. The minimum absolute atomic E-state index is 0.0541. The van der Waals surface area contributed by atoms with E-state index in [-0.39, 0.29) is 17.9 Å². The Morgan fingerprint density at radius 3 is 2.42 bits per heavy atom. The van der Waals surface area contributed by atoms with E-state index in [1.165, 1.54) is 43.3 Å². The number of nitrogens with two attached hydrogens (primary N) is 1. The van der Waals surface area contributed by atoms with E-state index in [1.807, 2.05) is 0 Å². The highest BCUT2D eigenvalue weighted by Crippen LogP contribution is 2.35. The number of anilines is 2. The summed E-state index contributed by atoms with van der Waals surface area (Å²) >= 11 is 0. The lowest BCUT2D eigenvalue weighted by molar-refractivity contribution is -0.274. The molecule has 12 heteroatoms. The maximum absolute atomic E-state index is 13.1. The molecule has 2 heterocycles. The van der Waals surface area contributed by atoms with E-state index in [2.05, 4.69) is 15.0 Å². The van der Waals surface area contributed by atoms with Gasteiger partial charge < -0.3 is 20.7 Å². The lowest BCUT2D eigenvalue weighted by Gasteiger charge is -2.28. The molecule has 0 aliphatic carbocycles. The van der Waals surface area contributed by atoms with Crippen molar-refractivity contribution in [2.45, 2.75) is 32.3 Å². The van der Waals surface area contributed by atoms with Crippen LogP contribution in [0.3, 0.4) is 0 Å². The van der Waals surface area contributed by atoms with Crippen molar-refractivity contribution in [3.8, 4) is 5.75 Å². The van der Waals surface area contributed by atoms with Crippen LogP contribution in [0, 0.1) is 0 Å². The van der Waals surface area contributed by atoms with Gasteiger partial charge in [-0.15, -0.1) is 13.2 Å². The Balaban J connectivity index is 1.88. The molecule has 0 spiro atoms. The van der Waals surface area contributed by atoms with Crippen LogP contribution in [0.15, 0.2) is 42.7 Å². The molecule has 3 N–H and O–H groups in total. The smallest absolute Gasteiger partial charge is 0.406 e. The van der Waals surface area contributed by atoms with Gasteiger partial charge in [-0.3, -0.25) is 9.78 Å². The van der Waals surface area contributed by atoms with Crippen molar-refractivity contribution in [2.24, 2.45) is 5.73 Å². The number of alkyl halides is 3. The third-order valence-electron chi connectivity index (χ3n) is 4.65. The number of aromatic nitrogens is 1. The maximum atomic E-state index is 13.1. The van der Waals surface area contributed by atoms with Gasteiger partial charge in [0.2, 0.25) is 0 Å². The fourth-order valence-electron chi connectivity index (χ4n) is 3.10. The van der Waals surface area contributed by atoms with Crippen molar-refractivity contribution in [1.82, 2.24) is 9.88 Å². The SMILES string of the molecule is CC1(C)C(=O)N(c2ccc(OC(F)(F)F)cc2)C(=O)N1Cc1ccncc1NC(N)=O. The molecule has 9 nitrogen and oxygen atoms in total. The summed E-state index contributed by atoms with van der Waals surface area (Å²) in [6.45, 7) is 3.02. The van der Waals surface area contributed by atoms with Crippen molar-refractivity contribution in [3.05, 3.63) is 48.3 Å². The number of benzene rings is 1. The van der Waals surface area contributed by atoms with Gasteiger partial charge in [-0.2, -0.15) is 0 Å². The molecule has 0 atom stereocenters. The average molecular weight is 437 g/mol. The third-order valence-corrected chi connectivity index (χ3v) is 4.65. The minimum Gasteiger partial charge on any atom is -0.406 e. The number of nitrogens with one attached hydrogen (secondary N) is 1. The van der Waals surface area contributed by atoms with Crippen LogP contribution in [0.5, 0.6) is 5.75 Å². The molecule has 0 saturated carbocycles. The summed E-state index contributed by atoms with van der Waals surface area (Å²) in [6.07, 6.45) is -2.05. The Labute approximate surface area is 174 Å². The van der Waals surface area contributed by atoms with E-state index in [0.29, 0.717) is 5.56 Å². The van der Waals surface area contributed by atoms with Gasteiger partial charge in [0.1, 0.15) is 11.3 Å². The molecule has 1 aliphatic rings. The number of ether oxygens (including phenoxy) is 1. The summed E-state index contributed by atoms with van der Waals surface area (Å²) in [4.78, 5) is 43.3. The Kier molecular flexibility index (Phi) is 5.49. The van der Waals surface area contributed by atoms with Gasteiger partial charge in [0.15, 0.2) is 0 Å². The molecule has 1 fully saturated rings. The number of pyridine rings is 1. The second-order valence-corrected chi connectivity index (χ2v) is 7.13. The molecule has 0 bridgehead atoms. The van der Waals surface area contributed by atoms with Crippen LogP contribution >= 0.6 is 0 Å². The van der Waals surface area contributed by atoms with Crippen molar-refractivity contribution in [1.29, 1.82) is 0 Å². The number of carbonyl (C=O) groups excluding carboxylic acids is 3. The Hall–Kier alpha value is -3.83. The van der Waals surface area contributed by atoms with Gasteiger partial charge in [-0.1, -0.05) is 0 Å². The van der Waals surface area contributed by atoms with Crippen LogP contribution in [0.1, 0.15) is 19.4 Å². The lowest BCUT2D eigenvalue weighted by atomic mass is 10.0. The number of imide groups is 1. The van der Waals surface area contributed by atoms with Crippen molar-refractivity contribution in [2.75, 3.05) is 10.2 Å². The first kappa shape index (κ1) is 21.9. The molecule has 1 aromatic heterocycles.